The lowest BCUT2D eigenvalue weighted by Gasteiger charge is -2.28. The van der Waals surface area contributed by atoms with Gasteiger partial charge in [0.05, 0.1) is 35.1 Å². The number of hydrogen-bond acceptors (Lipinski definition) is 7. The van der Waals surface area contributed by atoms with Crippen LogP contribution < -0.4 is 4.31 Å². The van der Waals surface area contributed by atoms with E-state index in [2.05, 4.69) is 0 Å². The number of carbonyl (C=O) groups excluding carboxylic acids is 2. The Morgan fingerprint density at radius 1 is 1.16 bits per heavy atom. The first-order chi connectivity index (χ1) is 14.6. The lowest BCUT2D eigenvalue weighted by Crippen LogP contribution is -2.44. The smallest absolute Gasteiger partial charge is 0.340 e. The van der Waals surface area contributed by atoms with Crippen LogP contribution in [0.25, 0.3) is 10.9 Å². The maximum absolute atomic E-state index is 13.3. The number of fused-ring (bicyclic) bond motifs is 1. The van der Waals surface area contributed by atoms with E-state index in [0.29, 0.717) is 10.9 Å². The zero-order valence-corrected chi connectivity index (χ0v) is 17.7. The fraction of sp³-hybridized carbons (Fsp3) is 0.200. The Kier molecular flexibility index (Phi) is 5.80. The number of rotatable bonds is 6. The molecule has 31 heavy (non-hydrogen) atoms. The van der Waals surface area contributed by atoms with E-state index < -0.39 is 32.9 Å². The van der Waals surface area contributed by atoms with Crippen LogP contribution in [0.3, 0.4) is 0 Å². The molecule has 0 amide bonds. The maximum Gasteiger partial charge on any atom is 0.340 e. The van der Waals surface area contributed by atoms with Crippen molar-refractivity contribution in [3.63, 3.8) is 0 Å². The van der Waals surface area contributed by atoms with Crippen LogP contribution in [0.15, 0.2) is 54.7 Å². The summed E-state index contributed by atoms with van der Waals surface area (Å²) in [6.45, 7) is 1.37. The second-order valence-corrected chi connectivity index (χ2v) is 8.63. The van der Waals surface area contributed by atoms with Gasteiger partial charge in [0.1, 0.15) is 6.04 Å². The minimum Gasteiger partial charge on any atom is -0.465 e. The minimum atomic E-state index is -4.00. The van der Waals surface area contributed by atoms with Gasteiger partial charge in [0, 0.05) is 23.7 Å². The normalized spacial score (nSPS) is 12.4. The van der Waals surface area contributed by atoms with Gasteiger partial charge >= 0.3 is 5.97 Å². The molecule has 0 unspecified atom stereocenters. The average molecular weight is 445 g/mol. The predicted octanol–water partition coefficient (Wildman–Crippen LogP) is 2.83. The number of aromatic nitrogens is 1. The molecule has 0 fully saturated rings. The number of non-ortho nitro benzene ring substituents is 1. The Labute approximate surface area is 177 Å². The molecule has 3 rings (SSSR count). The van der Waals surface area contributed by atoms with Crippen LogP contribution in [0.5, 0.6) is 0 Å². The molecule has 0 saturated heterocycles. The Balaban J connectivity index is 2.13. The van der Waals surface area contributed by atoms with E-state index in [4.69, 9.17) is 4.74 Å². The first-order valence-electron chi connectivity index (χ1n) is 9.02. The Hall–Kier alpha value is -3.73. The van der Waals surface area contributed by atoms with E-state index in [1.807, 2.05) is 0 Å². The van der Waals surface area contributed by atoms with Gasteiger partial charge in [-0.1, -0.05) is 24.3 Å². The highest BCUT2D eigenvalue weighted by Gasteiger charge is 2.32. The number of ether oxygens (including phenoxy) is 1. The zero-order valence-electron chi connectivity index (χ0n) is 16.9. The summed E-state index contributed by atoms with van der Waals surface area (Å²) in [7, 11) is -2.78. The average Bonchev–Trinajstić information content (AvgIpc) is 3.11. The summed E-state index contributed by atoms with van der Waals surface area (Å²) in [5.74, 6) is -1.29. The minimum absolute atomic E-state index is 0.0257. The highest BCUT2D eigenvalue weighted by Crippen LogP contribution is 2.28. The predicted molar refractivity (Wildman–Crippen MR) is 114 cm³/mol. The number of nitro benzene ring substituents is 1. The molecule has 1 aromatic heterocycles. The molecule has 0 spiro atoms. The number of carbonyl (C=O) groups is 2. The van der Waals surface area contributed by atoms with Crippen molar-refractivity contribution in [1.82, 2.24) is 4.57 Å². The molecule has 3 aromatic rings. The number of hydrogen-bond donors (Lipinski definition) is 0. The summed E-state index contributed by atoms with van der Waals surface area (Å²) in [6, 6.07) is 10.4. The summed E-state index contributed by atoms with van der Waals surface area (Å²) < 4.78 is 31.8. The number of esters is 1. The van der Waals surface area contributed by atoms with Crippen LogP contribution in [0.4, 0.5) is 11.4 Å². The van der Waals surface area contributed by atoms with Gasteiger partial charge in [-0.3, -0.25) is 23.8 Å². The Morgan fingerprint density at radius 2 is 1.84 bits per heavy atom. The molecular weight excluding hydrogens is 426 g/mol. The molecule has 1 heterocycles. The van der Waals surface area contributed by atoms with E-state index in [9.17, 15) is 28.1 Å². The lowest BCUT2D eigenvalue weighted by atomic mass is 10.2. The summed E-state index contributed by atoms with van der Waals surface area (Å²) in [4.78, 5) is 35.9. The first-order valence-corrected chi connectivity index (χ1v) is 10.9. The third-order valence-corrected chi connectivity index (χ3v) is 5.96. The van der Waals surface area contributed by atoms with Crippen molar-refractivity contribution in [2.45, 2.75) is 13.0 Å². The van der Waals surface area contributed by atoms with Gasteiger partial charge in [0.25, 0.3) is 11.6 Å². The van der Waals surface area contributed by atoms with E-state index in [0.717, 1.165) is 16.6 Å². The van der Waals surface area contributed by atoms with Crippen LogP contribution in [0.1, 0.15) is 22.1 Å². The number of nitro groups is 1. The Morgan fingerprint density at radius 3 is 2.45 bits per heavy atom. The van der Waals surface area contributed by atoms with Crippen molar-refractivity contribution in [3.8, 4) is 0 Å². The number of benzene rings is 2. The van der Waals surface area contributed by atoms with Gasteiger partial charge in [-0.25, -0.2) is 13.2 Å². The standard InChI is InChI=1S/C20H19N3O7S/c1-13(22(31(3,28)29)14-7-6-8-15(11-14)23(26)27)19(24)21-12-17(20(25)30-2)16-9-4-5-10-18(16)21/h4-13H,1-3H3/t13-/m0/s1. The second kappa shape index (κ2) is 8.19. The van der Waals surface area contributed by atoms with Crippen LogP contribution >= 0.6 is 0 Å². The van der Waals surface area contributed by atoms with Gasteiger partial charge < -0.3 is 4.74 Å². The SMILES string of the molecule is COC(=O)c1cn(C(=O)[C@H](C)N(c2cccc([N+](=O)[O-])c2)S(C)(=O)=O)c2ccccc12. The van der Waals surface area contributed by atoms with Crippen LogP contribution in [-0.2, 0) is 14.8 Å². The quantitative estimate of drug-likeness (QED) is 0.324. The first kappa shape index (κ1) is 22.0. The summed E-state index contributed by atoms with van der Waals surface area (Å²) in [5.41, 5.74) is 0.208. The molecule has 11 heteroatoms. The van der Waals surface area contributed by atoms with Gasteiger partial charge in [-0.15, -0.1) is 0 Å². The molecule has 0 saturated carbocycles. The third kappa shape index (κ3) is 4.12. The second-order valence-electron chi connectivity index (χ2n) is 6.77. The molecule has 10 nitrogen and oxygen atoms in total. The monoisotopic (exact) mass is 445 g/mol. The van der Waals surface area contributed by atoms with Crippen LogP contribution in [0.2, 0.25) is 0 Å². The highest BCUT2D eigenvalue weighted by molar-refractivity contribution is 7.92. The zero-order chi connectivity index (χ0) is 22.9. The van der Waals surface area contributed by atoms with Crippen molar-refractivity contribution in [1.29, 1.82) is 0 Å². The fourth-order valence-corrected chi connectivity index (χ4v) is 4.54. The molecule has 0 bridgehead atoms. The molecule has 162 valence electrons. The van der Waals surface area contributed by atoms with Crippen molar-refractivity contribution >= 4 is 44.2 Å². The summed E-state index contributed by atoms with van der Waals surface area (Å²) >= 11 is 0. The van der Waals surface area contributed by atoms with Crippen molar-refractivity contribution < 1.29 is 27.7 Å². The molecule has 1 atom stereocenters. The molecule has 0 radical (unpaired) electrons. The maximum atomic E-state index is 13.3. The van der Waals surface area contributed by atoms with E-state index in [1.54, 1.807) is 24.3 Å². The molecular formula is C20H19N3O7S. The molecule has 2 aromatic carbocycles. The van der Waals surface area contributed by atoms with E-state index >= 15 is 0 Å². The largest absolute Gasteiger partial charge is 0.465 e. The van der Waals surface area contributed by atoms with E-state index in [1.165, 1.54) is 43.0 Å². The fourth-order valence-electron chi connectivity index (χ4n) is 3.38. The van der Waals surface area contributed by atoms with Crippen molar-refractivity contribution in [2.24, 2.45) is 0 Å². The molecule has 0 aliphatic rings. The number of methoxy groups -OCH3 is 1. The highest BCUT2D eigenvalue weighted by atomic mass is 32.2. The molecule has 0 N–H and O–H groups in total. The van der Waals surface area contributed by atoms with Crippen LogP contribution in [0, 0.1) is 10.1 Å². The summed E-state index contributed by atoms with van der Waals surface area (Å²) in [6.07, 6.45) is 2.20. The van der Waals surface area contributed by atoms with Gasteiger partial charge in [0.15, 0.2) is 0 Å². The molecule has 0 aliphatic heterocycles. The topological polar surface area (TPSA) is 129 Å². The lowest BCUT2D eigenvalue weighted by molar-refractivity contribution is -0.384. The number of anilines is 1. The number of para-hydroxylation sites is 1. The number of sulfonamides is 1. The molecule has 0 aliphatic carbocycles. The van der Waals surface area contributed by atoms with Crippen molar-refractivity contribution in [2.75, 3.05) is 17.7 Å². The Bertz CT molecular complexity index is 1300. The van der Waals surface area contributed by atoms with Crippen LogP contribution in [-0.4, -0.2) is 49.2 Å². The third-order valence-electron chi connectivity index (χ3n) is 4.72. The van der Waals surface area contributed by atoms with Gasteiger partial charge in [-0.05, 0) is 19.1 Å². The summed E-state index contributed by atoms with van der Waals surface area (Å²) in [5, 5.41) is 11.6. The van der Waals surface area contributed by atoms with E-state index in [-0.39, 0.29) is 16.9 Å². The number of nitrogens with zero attached hydrogens (tertiary/aromatic N) is 3. The van der Waals surface area contributed by atoms with Crippen molar-refractivity contribution in [3.05, 3.63) is 70.4 Å². The van der Waals surface area contributed by atoms with Gasteiger partial charge in [-0.2, -0.15) is 0 Å². The van der Waals surface area contributed by atoms with Gasteiger partial charge in [0.2, 0.25) is 10.0 Å².